The predicted molar refractivity (Wildman–Crippen MR) is 101 cm³/mol. The molecule has 0 amide bonds. The van der Waals surface area contributed by atoms with Gasteiger partial charge in [0.15, 0.2) is 5.78 Å². The van der Waals surface area contributed by atoms with Crippen molar-refractivity contribution in [3.8, 4) is 0 Å². The number of nitrogens with zero attached hydrogens (tertiary/aromatic N) is 2. The Labute approximate surface area is 156 Å². The molecule has 6 heteroatoms. The van der Waals surface area contributed by atoms with Gasteiger partial charge in [-0.05, 0) is 36.8 Å². The first kappa shape index (κ1) is 17.8. The zero-order valence-electron chi connectivity index (χ0n) is 13.9. The van der Waals surface area contributed by atoms with Gasteiger partial charge < -0.3 is 9.13 Å². The molecule has 0 fully saturated rings. The van der Waals surface area contributed by atoms with Crippen LogP contribution in [-0.2, 0) is 13.1 Å². The molecule has 0 atom stereocenters. The van der Waals surface area contributed by atoms with Gasteiger partial charge in [-0.25, -0.2) is 0 Å². The molecule has 0 aliphatic heterocycles. The minimum atomic E-state index is -0.140. The summed E-state index contributed by atoms with van der Waals surface area (Å²) in [7, 11) is 0. The van der Waals surface area contributed by atoms with E-state index in [2.05, 4.69) is 6.92 Å². The van der Waals surface area contributed by atoms with Crippen LogP contribution < -0.4 is 5.62 Å². The summed E-state index contributed by atoms with van der Waals surface area (Å²) in [6, 6.07) is 12.6. The molecular weight excluding hydrogens is 357 g/mol. The van der Waals surface area contributed by atoms with Crippen LogP contribution >= 0.6 is 23.2 Å². The Balaban J connectivity index is 2.02. The SMILES string of the molecule is CCCCn1c(=N)n(CC(=O)c2ccc(Cl)cc2Cl)c2ccccc21. The van der Waals surface area contributed by atoms with E-state index in [1.54, 1.807) is 22.8 Å². The van der Waals surface area contributed by atoms with Crippen LogP contribution in [0, 0.1) is 5.41 Å². The van der Waals surface area contributed by atoms with Crippen molar-refractivity contribution >= 4 is 40.0 Å². The lowest BCUT2D eigenvalue weighted by Gasteiger charge is -2.06. The van der Waals surface area contributed by atoms with E-state index in [9.17, 15) is 4.79 Å². The van der Waals surface area contributed by atoms with Gasteiger partial charge in [-0.2, -0.15) is 0 Å². The fraction of sp³-hybridized carbons (Fsp3) is 0.263. The van der Waals surface area contributed by atoms with Gasteiger partial charge >= 0.3 is 0 Å². The summed E-state index contributed by atoms with van der Waals surface area (Å²) in [6.07, 6.45) is 2.03. The summed E-state index contributed by atoms with van der Waals surface area (Å²) in [5, 5.41) is 9.34. The minimum Gasteiger partial charge on any atom is -0.310 e. The monoisotopic (exact) mass is 375 g/mol. The second-order valence-corrected chi connectivity index (χ2v) is 6.79. The maximum absolute atomic E-state index is 12.7. The fourth-order valence-electron chi connectivity index (χ4n) is 2.94. The molecule has 3 aromatic rings. The molecule has 0 unspecified atom stereocenters. The van der Waals surface area contributed by atoms with Crippen LogP contribution in [0.1, 0.15) is 30.1 Å². The van der Waals surface area contributed by atoms with Crippen LogP contribution in [0.5, 0.6) is 0 Å². The zero-order chi connectivity index (χ0) is 18.0. The first-order chi connectivity index (χ1) is 12.0. The number of aryl methyl sites for hydroxylation is 1. The second kappa shape index (κ2) is 7.46. The molecule has 130 valence electrons. The van der Waals surface area contributed by atoms with Gasteiger partial charge in [0.2, 0.25) is 5.62 Å². The Morgan fingerprint density at radius 3 is 2.40 bits per heavy atom. The number of imidazole rings is 1. The Morgan fingerprint density at radius 2 is 1.76 bits per heavy atom. The lowest BCUT2D eigenvalue weighted by atomic mass is 10.1. The molecule has 0 radical (unpaired) electrons. The Bertz CT molecular complexity index is 988. The number of benzene rings is 2. The summed E-state index contributed by atoms with van der Waals surface area (Å²) in [5.41, 5.74) is 2.59. The number of carbonyl (C=O) groups excluding carboxylic acids is 1. The van der Waals surface area contributed by atoms with Gasteiger partial charge in [0.25, 0.3) is 0 Å². The zero-order valence-corrected chi connectivity index (χ0v) is 15.4. The van der Waals surface area contributed by atoms with E-state index < -0.39 is 0 Å². The first-order valence-electron chi connectivity index (χ1n) is 8.24. The predicted octanol–water partition coefficient (Wildman–Crippen LogP) is 4.91. The average Bonchev–Trinajstić information content (AvgIpc) is 2.85. The van der Waals surface area contributed by atoms with Gasteiger partial charge in [-0.15, -0.1) is 0 Å². The largest absolute Gasteiger partial charge is 0.310 e. The summed E-state index contributed by atoms with van der Waals surface area (Å²) >= 11 is 12.1. The highest BCUT2D eigenvalue weighted by molar-refractivity contribution is 6.36. The number of rotatable bonds is 6. The van der Waals surface area contributed by atoms with E-state index in [0.717, 1.165) is 30.4 Å². The van der Waals surface area contributed by atoms with Crippen LogP contribution in [-0.4, -0.2) is 14.9 Å². The second-order valence-electron chi connectivity index (χ2n) is 5.95. The number of Topliss-reactive ketones (excluding diaryl/α,β-unsaturated/α-hetero) is 1. The van der Waals surface area contributed by atoms with Crippen LogP contribution in [0.15, 0.2) is 42.5 Å². The fourth-order valence-corrected chi connectivity index (χ4v) is 3.46. The van der Waals surface area contributed by atoms with Crippen molar-refractivity contribution < 1.29 is 4.79 Å². The molecule has 0 saturated heterocycles. The molecule has 0 bridgehead atoms. The van der Waals surface area contributed by atoms with Crippen molar-refractivity contribution in [2.24, 2.45) is 0 Å². The maximum Gasteiger partial charge on any atom is 0.203 e. The summed E-state index contributed by atoms with van der Waals surface area (Å²) in [5.74, 6) is -0.140. The van der Waals surface area contributed by atoms with Crippen molar-refractivity contribution in [1.82, 2.24) is 9.13 Å². The van der Waals surface area contributed by atoms with Crippen LogP contribution in [0.25, 0.3) is 11.0 Å². The lowest BCUT2D eigenvalue weighted by Crippen LogP contribution is -2.27. The highest BCUT2D eigenvalue weighted by Crippen LogP contribution is 2.22. The van der Waals surface area contributed by atoms with Gasteiger partial charge in [-0.1, -0.05) is 48.7 Å². The number of carbonyl (C=O) groups is 1. The number of nitrogens with one attached hydrogen (secondary N) is 1. The van der Waals surface area contributed by atoms with Gasteiger partial charge in [0.1, 0.15) is 0 Å². The molecule has 25 heavy (non-hydrogen) atoms. The van der Waals surface area contributed by atoms with E-state index in [0.29, 0.717) is 21.2 Å². The molecule has 0 aliphatic rings. The molecule has 1 aromatic heterocycles. The molecule has 0 spiro atoms. The average molecular weight is 376 g/mol. The highest BCUT2D eigenvalue weighted by atomic mass is 35.5. The molecule has 4 nitrogen and oxygen atoms in total. The van der Waals surface area contributed by atoms with Crippen molar-refractivity contribution in [3.05, 3.63) is 63.7 Å². The molecule has 1 N–H and O–H groups in total. The van der Waals surface area contributed by atoms with Gasteiger partial charge in [0.05, 0.1) is 22.6 Å². The number of hydrogen-bond acceptors (Lipinski definition) is 2. The van der Waals surface area contributed by atoms with Crippen molar-refractivity contribution in [2.45, 2.75) is 32.9 Å². The number of fused-ring (bicyclic) bond motifs is 1. The molecule has 0 aliphatic carbocycles. The summed E-state index contributed by atoms with van der Waals surface area (Å²) in [6.45, 7) is 2.95. The van der Waals surface area contributed by atoms with E-state index in [-0.39, 0.29) is 12.3 Å². The molecule has 0 saturated carbocycles. The third-order valence-corrected chi connectivity index (χ3v) is 4.79. The Kier molecular flexibility index (Phi) is 5.30. The van der Waals surface area contributed by atoms with Gasteiger partial charge in [-0.3, -0.25) is 10.2 Å². The quantitative estimate of drug-likeness (QED) is 0.611. The molecule has 3 rings (SSSR count). The topological polar surface area (TPSA) is 50.8 Å². The number of para-hydroxylation sites is 2. The number of unbranched alkanes of at least 4 members (excludes halogenated alkanes) is 1. The van der Waals surface area contributed by atoms with E-state index >= 15 is 0 Å². The molecule has 1 heterocycles. The van der Waals surface area contributed by atoms with E-state index in [4.69, 9.17) is 28.6 Å². The maximum atomic E-state index is 12.7. The van der Waals surface area contributed by atoms with Crippen LogP contribution in [0.3, 0.4) is 0 Å². The number of halogens is 2. The van der Waals surface area contributed by atoms with Crippen LogP contribution in [0.4, 0.5) is 0 Å². The van der Waals surface area contributed by atoms with E-state index in [1.807, 2.05) is 28.8 Å². The number of ketones is 1. The molecule has 2 aromatic carbocycles. The van der Waals surface area contributed by atoms with Crippen molar-refractivity contribution in [2.75, 3.05) is 0 Å². The number of hydrogen-bond donors (Lipinski definition) is 1. The van der Waals surface area contributed by atoms with Crippen molar-refractivity contribution in [1.29, 1.82) is 5.41 Å². The third-order valence-electron chi connectivity index (χ3n) is 4.24. The first-order valence-corrected chi connectivity index (χ1v) is 8.99. The summed E-state index contributed by atoms with van der Waals surface area (Å²) in [4.78, 5) is 12.7. The van der Waals surface area contributed by atoms with E-state index in [1.165, 1.54) is 0 Å². The third kappa shape index (κ3) is 3.51. The Morgan fingerprint density at radius 1 is 1.08 bits per heavy atom. The lowest BCUT2D eigenvalue weighted by molar-refractivity contribution is 0.0971. The number of aromatic nitrogens is 2. The smallest absolute Gasteiger partial charge is 0.203 e. The minimum absolute atomic E-state index is 0.0693. The van der Waals surface area contributed by atoms with Crippen LogP contribution in [0.2, 0.25) is 10.0 Å². The van der Waals surface area contributed by atoms with Gasteiger partial charge in [0, 0.05) is 17.1 Å². The normalized spacial score (nSPS) is 11.2. The molecular formula is C19H19Cl2N3O. The summed E-state index contributed by atoms with van der Waals surface area (Å²) < 4.78 is 3.69. The standard InChI is InChI=1S/C19H19Cl2N3O/c1-2-3-10-23-16-6-4-5-7-17(16)24(19(23)22)12-18(25)14-9-8-13(20)11-15(14)21/h4-9,11,22H,2-3,10,12H2,1H3. The highest BCUT2D eigenvalue weighted by Gasteiger charge is 2.16. The van der Waals surface area contributed by atoms with Crippen molar-refractivity contribution in [3.63, 3.8) is 0 Å². The Hall–Kier alpha value is -2.04.